The summed E-state index contributed by atoms with van der Waals surface area (Å²) in [5.41, 5.74) is 1.62. The number of ketones is 1. The number of hydrogen-bond acceptors (Lipinski definition) is 2. The van der Waals surface area contributed by atoms with Crippen LogP contribution in [0.25, 0.3) is 0 Å². The fraction of sp³-hybridized carbons (Fsp3) is 0.458. The predicted molar refractivity (Wildman–Crippen MR) is 110 cm³/mol. The molecule has 2 aromatic carbocycles. The van der Waals surface area contributed by atoms with E-state index in [1.807, 2.05) is 19.1 Å². The Bertz CT molecular complexity index is 638. The maximum atomic E-state index is 13.7. The van der Waals surface area contributed by atoms with Crippen LogP contribution in [0.5, 0.6) is 0 Å². The van der Waals surface area contributed by atoms with Crippen LogP contribution in [0.1, 0.15) is 44.7 Å². The quantitative estimate of drug-likeness (QED) is 0.621. The number of rotatable bonds is 9. The summed E-state index contributed by atoms with van der Waals surface area (Å²) in [5, 5.41) is 0. The van der Waals surface area contributed by atoms with E-state index >= 15 is 0 Å². The van der Waals surface area contributed by atoms with Crippen LogP contribution >= 0.6 is 0 Å². The SMILES string of the molecule is CCC(=O)C(c1ccccc1)(c1ccccc1)[C@@H](CN(C)C)[C@@H](C)CC. The van der Waals surface area contributed by atoms with E-state index < -0.39 is 5.41 Å². The molecule has 0 fully saturated rings. The largest absolute Gasteiger partial charge is 0.309 e. The molecule has 0 aromatic heterocycles. The molecule has 0 N–H and O–H groups in total. The number of carbonyl (C=O) groups excluding carboxylic acids is 1. The second kappa shape index (κ2) is 9.14. The van der Waals surface area contributed by atoms with Gasteiger partial charge in [0.05, 0.1) is 5.41 Å². The summed E-state index contributed by atoms with van der Waals surface area (Å²) in [7, 11) is 4.21. The summed E-state index contributed by atoms with van der Waals surface area (Å²) < 4.78 is 0. The van der Waals surface area contributed by atoms with Crippen molar-refractivity contribution in [2.45, 2.75) is 39.0 Å². The van der Waals surface area contributed by atoms with Gasteiger partial charge in [-0.1, -0.05) is 87.9 Å². The van der Waals surface area contributed by atoms with Gasteiger partial charge in [0, 0.05) is 13.0 Å². The molecular weight excluding hydrogens is 318 g/mol. The second-order valence-corrected chi connectivity index (χ2v) is 7.57. The maximum absolute atomic E-state index is 13.7. The molecular formula is C24H33NO. The molecule has 2 aromatic rings. The lowest BCUT2D eigenvalue weighted by Crippen LogP contribution is -2.50. The maximum Gasteiger partial charge on any atom is 0.147 e. The van der Waals surface area contributed by atoms with Gasteiger partial charge in [-0.2, -0.15) is 0 Å². The molecule has 0 aliphatic carbocycles. The van der Waals surface area contributed by atoms with E-state index in [0.717, 1.165) is 24.1 Å². The van der Waals surface area contributed by atoms with Crippen LogP contribution in [-0.2, 0) is 10.2 Å². The molecule has 26 heavy (non-hydrogen) atoms. The first-order valence-electron chi connectivity index (χ1n) is 9.77. The second-order valence-electron chi connectivity index (χ2n) is 7.57. The fourth-order valence-electron chi connectivity index (χ4n) is 4.23. The Morgan fingerprint density at radius 2 is 1.38 bits per heavy atom. The molecule has 2 rings (SSSR count). The molecule has 0 bridgehead atoms. The van der Waals surface area contributed by atoms with Crippen molar-refractivity contribution in [2.24, 2.45) is 11.8 Å². The predicted octanol–water partition coefficient (Wildman–Crippen LogP) is 5.18. The third-order valence-corrected chi connectivity index (χ3v) is 5.67. The minimum Gasteiger partial charge on any atom is -0.309 e. The van der Waals surface area contributed by atoms with Crippen molar-refractivity contribution in [1.82, 2.24) is 4.90 Å². The van der Waals surface area contributed by atoms with Crippen LogP contribution in [0.2, 0.25) is 0 Å². The van der Waals surface area contributed by atoms with Crippen molar-refractivity contribution >= 4 is 5.78 Å². The molecule has 0 aliphatic heterocycles. The molecule has 0 amide bonds. The first-order chi connectivity index (χ1) is 12.5. The molecule has 2 nitrogen and oxygen atoms in total. The Morgan fingerprint density at radius 3 is 1.73 bits per heavy atom. The standard InChI is InChI=1S/C24H33NO/c1-6-19(3)22(18-25(4)5)24(23(26)7-2,20-14-10-8-11-15-20)21-16-12-9-13-17-21/h8-17,19,22H,6-7,18H2,1-5H3/t19-,22-/m0/s1. The third-order valence-electron chi connectivity index (χ3n) is 5.67. The minimum atomic E-state index is -0.614. The fourth-order valence-corrected chi connectivity index (χ4v) is 4.23. The average molecular weight is 352 g/mol. The highest BCUT2D eigenvalue weighted by Crippen LogP contribution is 2.45. The normalized spacial score (nSPS) is 14.2. The zero-order chi connectivity index (χ0) is 19.2. The molecule has 140 valence electrons. The summed E-state index contributed by atoms with van der Waals surface area (Å²) >= 11 is 0. The van der Waals surface area contributed by atoms with Crippen molar-refractivity contribution in [2.75, 3.05) is 20.6 Å². The van der Waals surface area contributed by atoms with E-state index in [4.69, 9.17) is 0 Å². The molecule has 0 aliphatic rings. The van der Waals surface area contributed by atoms with Crippen molar-refractivity contribution in [1.29, 1.82) is 0 Å². The summed E-state index contributed by atoms with van der Waals surface area (Å²) in [6, 6.07) is 20.8. The van der Waals surface area contributed by atoms with Crippen LogP contribution in [0.4, 0.5) is 0 Å². The summed E-state index contributed by atoms with van der Waals surface area (Å²) in [4.78, 5) is 15.9. The number of benzene rings is 2. The highest BCUT2D eigenvalue weighted by Gasteiger charge is 2.48. The lowest BCUT2D eigenvalue weighted by atomic mass is 9.59. The van der Waals surface area contributed by atoms with E-state index in [-0.39, 0.29) is 5.92 Å². The third kappa shape index (κ3) is 3.91. The number of nitrogens with zero attached hydrogens (tertiary/aromatic N) is 1. The first-order valence-corrected chi connectivity index (χ1v) is 9.77. The summed E-state index contributed by atoms with van der Waals surface area (Å²) in [6.45, 7) is 7.39. The molecule has 0 unspecified atom stereocenters. The number of carbonyl (C=O) groups is 1. The van der Waals surface area contributed by atoms with Crippen molar-refractivity contribution in [3.63, 3.8) is 0 Å². The molecule has 0 radical (unpaired) electrons. The van der Waals surface area contributed by atoms with Crippen LogP contribution in [0.3, 0.4) is 0 Å². The summed E-state index contributed by atoms with van der Waals surface area (Å²) in [6.07, 6.45) is 1.58. The summed E-state index contributed by atoms with van der Waals surface area (Å²) in [5.74, 6) is 0.940. The number of Topliss-reactive ketones (excluding diaryl/α,β-unsaturated/α-hetero) is 1. The average Bonchev–Trinajstić information content (AvgIpc) is 2.68. The molecule has 0 heterocycles. The zero-order valence-corrected chi connectivity index (χ0v) is 16.9. The molecule has 0 saturated heterocycles. The van der Waals surface area contributed by atoms with E-state index in [1.54, 1.807) is 0 Å². The van der Waals surface area contributed by atoms with Gasteiger partial charge in [0.2, 0.25) is 0 Å². The Balaban J connectivity index is 2.83. The minimum absolute atomic E-state index is 0.208. The Hall–Kier alpha value is -1.93. The topological polar surface area (TPSA) is 20.3 Å². The van der Waals surface area contributed by atoms with Crippen molar-refractivity contribution in [3.8, 4) is 0 Å². The smallest absolute Gasteiger partial charge is 0.147 e. The highest BCUT2D eigenvalue weighted by atomic mass is 16.1. The van der Waals surface area contributed by atoms with Gasteiger partial charge in [0.15, 0.2) is 0 Å². The van der Waals surface area contributed by atoms with Gasteiger partial charge in [0.1, 0.15) is 5.78 Å². The van der Waals surface area contributed by atoms with Gasteiger partial charge in [-0.3, -0.25) is 4.79 Å². The Morgan fingerprint density at radius 1 is 0.923 bits per heavy atom. The van der Waals surface area contributed by atoms with Crippen molar-refractivity contribution in [3.05, 3.63) is 71.8 Å². The zero-order valence-electron chi connectivity index (χ0n) is 16.9. The Kier molecular flexibility index (Phi) is 7.16. The van der Waals surface area contributed by atoms with E-state index in [9.17, 15) is 4.79 Å². The Labute approximate surface area is 159 Å². The van der Waals surface area contributed by atoms with Gasteiger partial charge < -0.3 is 4.90 Å². The molecule has 0 saturated carbocycles. The van der Waals surface area contributed by atoms with Gasteiger partial charge in [-0.05, 0) is 37.1 Å². The lowest BCUT2D eigenvalue weighted by Gasteiger charge is -2.44. The van der Waals surface area contributed by atoms with Crippen LogP contribution in [0.15, 0.2) is 60.7 Å². The molecule has 2 heteroatoms. The van der Waals surface area contributed by atoms with E-state index in [0.29, 0.717) is 18.1 Å². The molecule has 0 spiro atoms. The van der Waals surface area contributed by atoms with Gasteiger partial charge in [-0.25, -0.2) is 0 Å². The van der Waals surface area contributed by atoms with Crippen LogP contribution in [-0.4, -0.2) is 31.3 Å². The highest BCUT2D eigenvalue weighted by molar-refractivity contribution is 5.94. The van der Waals surface area contributed by atoms with Gasteiger partial charge in [0.25, 0.3) is 0 Å². The van der Waals surface area contributed by atoms with E-state index in [2.05, 4.69) is 81.4 Å². The van der Waals surface area contributed by atoms with Gasteiger partial charge in [-0.15, -0.1) is 0 Å². The van der Waals surface area contributed by atoms with Crippen LogP contribution < -0.4 is 0 Å². The lowest BCUT2D eigenvalue weighted by molar-refractivity contribution is -0.125. The van der Waals surface area contributed by atoms with E-state index in [1.165, 1.54) is 0 Å². The first kappa shape index (κ1) is 20.4. The van der Waals surface area contributed by atoms with Crippen molar-refractivity contribution < 1.29 is 4.79 Å². The monoisotopic (exact) mass is 351 g/mol. The van der Waals surface area contributed by atoms with Gasteiger partial charge >= 0.3 is 0 Å². The van der Waals surface area contributed by atoms with Crippen LogP contribution in [0, 0.1) is 11.8 Å². The number of hydrogen-bond donors (Lipinski definition) is 0. The molecule has 2 atom stereocenters.